The van der Waals surface area contributed by atoms with Crippen LogP contribution in [0.1, 0.15) is 6.42 Å². The third kappa shape index (κ3) is 3.19. The molecule has 92 valence electrons. The highest BCUT2D eigenvalue weighted by Crippen LogP contribution is 2.24. The van der Waals surface area contributed by atoms with Crippen molar-refractivity contribution in [1.82, 2.24) is 4.31 Å². The second-order valence-electron chi connectivity index (χ2n) is 3.42. The minimum absolute atomic E-state index is 0.124. The second kappa shape index (κ2) is 5.49. The zero-order valence-electron chi connectivity index (χ0n) is 9.22. The van der Waals surface area contributed by atoms with E-state index in [1.165, 1.54) is 19.2 Å². The monoisotopic (exact) mass is 317 g/mol. The van der Waals surface area contributed by atoms with Crippen LogP contribution in [0.2, 0.25) is 0 Å². The summed E-state index contributed by atoms with van der Waals surface area (Å²) in [6.07, 6.45) is 0.155. The number of hydrogen-bond donors (Lipinski definition) is 1. The van der Waals surface area contributed by atoms with E-state index in [-0.39, 0.29) is 17.9 Å². The number of nitrogens with two attached hydrogens (primary N) is 1. The van der Waals surface area contributed by atoms with Gasteiger partial charge in [0.2, 0.25) is 10.0 Å². The van der Waals surface area contributed by atoms with Crippen molar-refractivity contribution >= 4 is 31.6 Å². The zero-order chi connectivity index (χ0) is 13.1. The lowest BCUT2D eigenvalue weighted by atomic mass is 10.3. The van der Waals surface area contributed by atoms with Crippen molar-refractivity contribution < 1.29 is 8.42 Å². The van der Waals surface area contributed by atoms with Gasteiger partial charge in [-0.2, -0.15) is 9.57 Å². The lowest BCUT2D eigenvalue weighted by Crippen LogP contribution is -2.27. The van der Waals surface area contributed by atoms with E-state index < -0.39 is 10.0 Å². The summed E-state index contributed by atoms with van der Waals surface area (Å²) in [7, 11) is -2.13. The van der Waals surface area contributed by atoms with Crippen LogP contribution < -0.4 is 5.73 Å². The van der Waals surface area contributed by atoms with Gasteiger partial charge in [0.15, 0.2) is 0 Å². The molecular weight excluding hydrogens is 306 g/mol. The van der Waals surface area contributed by atoms with E-state index in [1.54, 1.807) is 6.07 Å². The number of nitrogen functional groups attached to an aromatic ring is 1. The topological polar surface area (TPSA) is 87.2 Å². The zero-order valence-corrected chi connectivity index (χ0v) is 11.6. The van der Waals surface area contributed by atoms with Gasteiger partial charge in [0.25, 0.3) is 0 Å². The Labute approximate surface area is 109 Å². The first-order valence-electron chi connectivity index (χ1n) is 4.78. The SMILES string of the molecule is CN(CCC#N)S(=O)(=O)c1ccc(Br)c(N)c1. The molecule has 1 aromatic rings. The number of halogens is 1. The molecule has 0 atom stereocenters. The Balaban J connectivity index is 3.05. The Hall–Kier alpha value is -1.10. The van der Waals surface area contributed by atoms with Crippen LogP contribution >= 0.6 is 15.9 Å². The quantitative estimate of drug-likeness (QED) is 0.854. The summed E-state index contributed by atoms with van der Waals surface area (Å²) < 4.78 is 25.9. The first-order chi connectivity index (χ1) is 7.89. The lowest BCUT2D eigenvalue weighted by molar-refractivity contribution is 0.476. The molecule has 1 rings (SSSR count). The van der Waals surface area contributed by atoms with Crippen molar-refractivity contribution in [3.8, 4) is 6.07 Å². The molecule has 0 spiro atoms. The predicted molar refractivity (Wildman–Crippen MR) is 68.6 cm³/mol. The van der Waals surface area contributed by atoms with Crippen LogP contribution in [0.4, 0.5) is 5.69 Å². The number of nitriles is 1. The fourth-order valence-corrected chi connectivity index (χ4v) is 2.64. The third-order valence-electron chi connectivity index (χ3n) is 2.21. The molecule has 0 radical (unpaired) electrons. The number of anilines is 1. The van der Waals surface area contributed by atoms with E-state index in [0.717, 1.165) is 4.31 Å². The Morgan fingerprint density at radius 3 is 2.71 bits per heavy atom. The normalized spacial score (nSPS) is 11.4. The largest absolute Gasteiger partial charge is 0.398 e. The molecule has 5 nitrogen and oxygen atoms in total. The first kappa shape index (κ1) is 14.0. The predicted octanol–water partition coefficient (Wildman–Crippen LogP) is 1.57. The maximum atomic E-state index is 12.0. The molecule has 0 aliphatic heterocycles. The van der Waals surface area contributed by atoms with E-state index in [4.69, 9.17) is 11.0 Å². The van der Waals surface area contributed by atoms with Crippen LogP contribution in [0.25, 0.3) is 0 Å². The van der Waals surface area contributed by atoms with Crippen LogP contribution in [0.3, 0.4) is 0 Å². The van der Waals surface area contributed by atoms with Crippen molar-refractivity contribution in [2.45, 2.75) is 11.3 Å². The van der Waals surface area contributed by atoms with Gasteiger partial charge in [-0.05, 0) is 34.1 Å². The van der Waals surface area contributed by atoms with Crippen molar-refractivity contribution in [2.75, 3.05) is 19.3 Å². The Morgan fingerprint density at radius 2 is 2.18 bits per heavy atom. The molecule has 0 aromatic heterocycles. The molecule has 2 N–H and O–H groups in total. The number of rotatable bonds is 4. The van der Waals surface area contributed by atoms with Crippen molar-refractivity contribution in [1.29, 1.82) is 5.26 Å². The van der Waals surface area contributed by atoms with Gasteiger partial charge < -0.3 is 5.73 Å². The average Bonchev–Trinajstić information content (AvgIpc) is 2.29. The fraction of sp³-hybridized carbons (Fsp3) is 0.300. The number of hydrogen-bond acceptors (Lipinski definition) is 4. The van der Waals surface area contributed by atoms with Gasteiger partial charge >= 0.3 is 0 Å². The molecule has 0 heterocycles. The minimum atomic E-state index is -3.57. The maximum absolute atomic E-state index is 12.0. The molecule has 7 heteroatoms. The highest BCUT2D eigenvalue weighted by molar-refractivity contribution is 9.10. The molecule has 1 aromatic carbocycles. The number of nitrogens with zero attached hydrogens (tertiary/aromatic N) is 2. The first-order valence-corrected chi connectivity index (χ1v) is 7.01. The molecule has 0 aliphatic carbocycles. The van der Waals surface area contributed by atoms with Gasteiger partial charge in [-0.1, -0.05) is 0 Å². The molecule has 17 heavy (non-hydrogen) atoms. The van der Waals surface area contributed by atoms with E-state index in [2.05, 4.69) is 15.9 Å². The smallest absolute Gasteiger partial charge is 0.242 e. The molecule has 0 bridgehead atoms. The third-order valence-corrected chi connectivity index (χ3v) is 4.79. The lowest BCUT2D eigenvalue weighted by Gasteiger charge is -2.16. The van der Waals surface area contributed by atoms with Crippen LogP contribution in [0, 0.1) is 11.3 Å². The minimum Gasteiger partial charge on any atom is -0.398 e. The van der Waals surface area contributed by atoms with Gasteiger partial charge in [0.05, 0.1) is 11.0 Å². The number of benzene rings is 1. The standard InChI is InChI=1S/C10H12BrN3O2S/c1-14(6-2-5-12)17(15,16)8-3-4-9(11)10(13)7-8/h3-4,7H,2,6,13H2,1H3. The molecule has 0 amide bonds. The highest BCUT2D eigenvalue weighted by Gasteiger charge is 2.20. The summed E-state index contributed by atoms with van der Waals surface area (Å²) in [5.41, 5.74) is 6.00. The van der Waals surface area contributed by atoms with E-state index in [9.17, 15) is 8.42 Å². The summed E-state index contributed by atoms with van der Waals surface area (Å²) in [6, 6.07) is 6.35. The van der Waals surface area contributed by atoms with Crippen molar-refractivity contribution in [3.63, 3.8) is 0 Å². The van der Waals surface area contributed by atoms with Gasteiger partial charge in [0.1, 0.15) is 0 Å². The molecule has 0 unspecified atom stereocenters. The summed E-state index contributed by atoms with van der Waals surface area (Å²) >= 11 is 3.20. The van der Waals surface area contributed by atoms with E-state index in [1.807, 2.05) is 6.07 Å². The van der Waals surface area contributed by atoms with Crippen molar-refractivity contribution in [2.24, 2.45) is 0 Å². The van der Waals surface area contributed by atoms with Gasteiger partial charge in [-0.25, -0.2) is 8.42 Å². The van der Waals surface area contributed by atoms with Gasteiger partial charge in [0, 0.05) is 30.2 Å². The molecule has 0 saturated carbocycles. The molecular formula is C10H12BrN3O2S. The van der Waals surface area contributed by atoms with Gasteiger partial charge in [-0.3, -0.25) is 0 Å². The Bertz CT molecular complexity index is 551. The Kier molecular flexibility index (Phi) is 4.51. The molecule has 0 saturated heterocycles. The highest BCUT2D eigenvalue weighted by atomic mass is 79.9. The molecule has 0 aliphatic rings. The fourth-order valence-electron chi connectivity index (χ4n) is 1.19. The average molecular weight is 318 g/mol. The van der Waals surface area contributed by atoms with Crippen LogP contribution in [0.5, 0.6) is 0 Å². The van der Waals surface area contributed by atoms with Crippen LogP contribution in [0.15, 0.2) is 27.6 Å². The maximum Gasteiger partial charge on any atom is 0.242 e. The molecule has 0 fully saturated rings. The van der Waals surface area contributed by atoms with E-state index in [0.29, 0.717) is 10.2 Å². The summed E-state index contributed by atoms with van der Waals surface area (Å²) in [5, 5.41) is 8.43. The van der Waals surface area contributed by atoms with Crippen LogP contribution in [-0.2, 0) is 10.0 Å². The summed E-state index contributed by atoms with van der Waals surface area (Å²) in [5.74, 6) is 0. The van der Waals surface area contributed by atoms with Crippen LogP contribution in [-0.4, -0.2) is 26.3 Å². The van der Waals surface area contributed by atoms with Gasteiger partial charge in [-0.15, -0.1) is 0 Å². The second-order valence-corrected chi connectivity index (χ2v) is 6.32. The summed E-state index contributed by atoms with van der Waals surface area (Å²) in [6.45, 7) is 0.162. The summed E-state index contributed by atoms with van der Waals surface area (Å²) in [4.78, 5) is 0.124. The Morgan fingerprint density at radius 1 is 1.53 bits per heavy atom. The van der Waals surface area contributed by atoms with E-state index >= 15 is 0 Å². The van der Waals surface area contributed by atoms with Crippen molar-refractivity contribution in [3.05, 3.63) is 22.7 Å². The number of sulfonamides is 1.